The number of allylic oxidation sites excluding steroid dienone is 2. The van der Waals surface area contributed by atoms with Crippen LogP contribution in [0.3, 0.4) is 0 Å². The summed E-state index contributed by atoms with van der Waals surface area (Å²) in [5, 5.41) is 9.62. The Morgan fingerprint density at radius 1 is 0.976 bits per heavy atom. The van der Waals surface area contributed by atoms with E-state index in [-0.39, 0.29) is 42.9 Å². The van der Waals surface area contributed by atoms with Gasteiger partial charge in [0.05, 0.1) is 36.8 Å². The van der Waals surface area contributed by atoms with E-state index in [4.69, 9.17) is 5.73 Å². The number of primary amides is 1. The highest BCUT2D eigenvalue weighted by atomic mass is 16.2. The molecule has 8 heteroatoms. The molecule has 0 radical (unpaired) electrons. The minimum atomic E-state index is -0.970. The highest BCUT2D eigenvalue weighted by Crippen LogP contribution is 2.21. The molecule has 1 aliphatic rings. The topological polar surface area (TPSA) is 130 Å². The number of Topliss-reactive ketones (excluding diaryl/α,β-unsaturated/α-hetero) is 3. The number of rotatable bonds is 13. The zero-order valence-corrected chi connectivity index (χ0v) is 25.8. The number of hydrogen-bond acceptors (Lipinski definition) is 7. The van der Waals surface area contributed by atoms with E-state index in [0.29, 0.717) is 25.2 Å². The summed E-state index contributed by atoms with van der Waals surface area (Å²) in [4.78, 5) is 52.1. The van der Waals surface area contributed by atoms with Gasteiger partial charge in [-0.25, -0.2) is 0 Å². The van der Waals surface area contributed by atoms with Crippen LogP contribution < -0.4 is 21.7 Å². The molecule has 5 N–H and O–H groups in total. The summed E-state index contributed by atoms with van der Waals surface area (Å²) in [6, 6.07) is 8.84. The highest BCUT2D eigenvalue weighted by molar-refractivity contribution is 5.94. The molecule has 0 bridgehead atoms. The zero-order chi connectivity index (χ0) is 30.5. The number of carbonyl (C=O) groups is 4. The second-order valence-corrected chi connectivity index (χ2v) is 12.5. The molecule has 1 heterocycles. The van der Waals surface area contributed by atoms with Gasteiger partial charge in [0.15, 0.2) is 11.6 Å². The lowest BCUT2D eigenvalue weighted by atomic mass is 9.86. The highest BCUT2D eigenvalue weighted by Gasteiger charge is 2.37. The van der Waals surface area contributed by atoms with E-state index in [0.717, 1.165) is 37.7 Å². The van der Waals surface area contributed by atoms with E-state index >= 15 is 0 Å². The van der Waals surface area contributed by atoms with Crippen LogP contribution in [0, 0.1) is 11.8 Å². The van der Waals surface area contributed by atoms with Crippen LogP contribution in [0.15, 0.2) is 42.5 Å². The maximum absolute atomic E-state index is 13.6. The van der Waals surface area contributed by atoms with Crippen molar-refractivity contribution in [1.29, 1.82) is 0 Å². The maximum Gasteiger partial charge on any atom is 0.234 e. The SMILES string of the molecule is CC(C)C[C@H](C)C(=O)CN[C@@]1(C)CCC/C=C\CCC[C@@](C)(C(=O)CN[C@@H](Cc2ccccc2)C(N)=O)NCC1=O. The van der Waals surface area contributed by atoms with Crippen molar-refractivity contribution in [3.63, 3.8) is 0 Å². The van der Waals surface area contributed by atoms with Gasteiger partial charge in [-0.05, 0) is 76.7 Å². The second-order valence-electron chi connectivity index (χ2n) is 12.5. The molecule has 228 valence electrons. The number of hydrogen-bond donors (Lipinski definition) is 4. The first-order valence-electron chi connectivity index (χ1n) is 15.2. The monoisotopic (exact) mass is 568 g/mol. The number of amides is 1. The number of nitrogens with one attached hydrogen (secondary N) is 3. The van der Waals surface area contributed by atoms with E-state index in [1.54, 1.807) is 0 Å². The Bertz CT molecular complexity index is 1040. The average Bonchev–Trinajstić information content (AvgIpc) is 2.94. The van der Waals surface area contributed by atoms with Crippen LogP contribution in [0.1, 0.15) is 85.1 Å². The Morgan fingerprint density at radius 3 is 2.22 bits per heavy atom. The molecule has 0 saturated heterocycles. The Kier molecular flexibility index (Phi) is 14.0. The Morgan fingerprint density at radius 2 is 1.61 bits per heavy atom. The van der Waals surface area contributed by atoms with Crippen LogP contribution in [0.5, 0.6) is 0 Å². The molecular weight excluding hydrogens is 516 g/mol. The third kappa shape index (κ3) is 11.6. The second kappa shape index (κ2) is 16.7. The molecule has 1 amide bonds. The van der Waals surface area contributed by atoms with Crippen LogP contribution >= 0.6 is 0 Å². The van der Waals surface area contributed by atoms with Gasteiger partial charge in [0.2, 0.25) is 5.91 Å². The maximum atomic E-state index is 13.6. The van der Waals surface area contributed by atoms with Crippen LogP contribution in [0.2, 0.25) is 0 Å². The van der Waals surface area contributed by atoms with Gasteiger partial charge >= 0.3 is 0 Å². The minimum Gasteiger partial charge on any atom is -0.368 e. The molecule has 0 aliphatic carbocycles. The lowest BCUT2D eigenvalue weighted by molar-refractivity contribution is -0.127. The summed E-state index contributed by atoms with van der Waals surface area (Å²) in [5.41, 5.74) is 4.73. The molecule has 0 fully saturated rings. The molecule has 0 saturated carbocycles. The largest absolute Gasteiger partial charge is 0.368 e. The minimum absolute atomic E-state index is 0.00182. The van der Waals surface area contributed by atoms with Crippen molar-refractivity contribution >= 4 is 23.3 Å². The van der Waals surface area contributed by atoms with Crippen molar-refractivity contribution in [3.05, 3.63) is 48.0 Å². The van der Waals surface area contributed by atoms with Crippen LogP contribution in [-0.4, -0.2) is 60.0 Å². The van der Waals surface area contributed by atoms with Crippen molar-refractivity contribution in [3.8, 4) is 0 Å². The standard InChI is InChI=1S/C33H52N4O4/c1-24(2)19-25(3)28(38)21-36-33(5)18-14-9-7-6-8-13-17-32(4,37-23-30(33)40)29(39)22-35-27(31(34)41)20-26-15-11-10-12-16-26/h6-7,10-12,15-16,24-25,27,35-37H,8-9,13-14,17-23H2,1-5H3,(H2,34,41)/b7-6-/t25-,27-,32-,33-/m0/s1. The van der Waals surface area contributed by atoms with Crippen molar-refractivity contribution in [1.82, 2.24) is 16.0 Å². The fourth-order valence-corrected chi connectivity index (χ4v) is 5.33. The number of carbonyl (C=O) groups excluding carboxylic acids is 4. The summed E-state index contributed by atoms with van der Waals surface area (Å²) in [6.07, 6.45) is 9.88. The van der Waals surface area contributed by atoms with Crippen LogP contribution in [0.25, 0.3) is 0 Å². The number of ketones is 3. The van der Waals surface area contributed by atoms with Crippen LogP contribution in [-0.2, 0) is 25.6 Å². The summed E-state index contributed by atoms with van der Waals surface area (Å²) >= 11 is 0. The molecule has 0 spiro atoms. The fraction of sp³-hybridized carbons (Fsp3) is 0.636. The van der Waals surface area contributed by atoms with E-state index in [2.05, 4.69) is 41.9 Å². The van der Waals surface area contributed by atoms with Crippen LogP contribution in [0.4, 0.5) is 0 Å². The molecule has 41 heavy (non-hydrogen) atoms. The Hall–Kier alpha value is -2.68. The van der Waals surface area contributed by atoms with Crippen molar-refractivity contribution in [2.45, 2.75) is 103 Å². The first-order valence-corrected chi connectivity index (χ1v) is 15.2. The zero-order valence-electron chi connectivity index (χ0n) is 25.8. The normalized spacial score (nSPS) is 24.9. The van der Waals surface area contributed by atoms with E-state index < -0.39 is 23.0 Å². The molecule has 0 aromatic heterocycles. The van der Waals surface area contributed by atoms with Gasteiger partial charge in [0.1, 0.15) is 5.78 Å². The lowest BCUT2D eigenvalue weighted by Gasteiger charge is -2.34. The summed E-state index contributed by atoms with van der Waals surface area (Å²) in [6.45, 7) is 9.92. The van der Waals surface area contributed by atoms with Gasteiger partial charge < -0.3 is 5.73 Å². The molecule has 1 aromatic rings. The summed E-state index contributed by atoms with van der Waals surface area (Å²) < 4.78 is 0. The molecule has 1 aliphatic heterocycles. The third-order valence-electron chi connectivity index (χ3n) is 8.29. The lowest BCUT2D eigenvalue weighted by Crippen LogP contribution is -2.60. The predicted molar refractivity (Wildman–Crippen MR) is 164 cm³/mol. The number of benzene rings is 1. The molecular formula is C33H52N4O4. The van der Waals surface area contributed by atoms with Gasteiger partial charge in [0.25, 0.3) is 0 Å². The number of nitrogens with two attached hydrogens (primary N) is 1. The first kappa shape index (κ1) is 34.5. The summed E-state index contributed by atoms with van der Waals surface area (Å²) in [5.74, 6) is -0.263. The van der Waals surface area contributed by atoms with Crippen molar-refractivity contribution in [2.24, 2.45) is 17.6 Å². The fourth-order valence-electron chi connectivity index (χ4n) is 5.33. The van der Waals surface area contributed by atoms with Gasteiger partial charge in [-0.3, -0.25) is 35.1 Å². The van der Waals surface area contributed by atoms with Gasteiger partial charge in [0, 0.05) is 5.92 Å². The van der Waals surface area contributed by atoms with E-state index in [1.165, 1.54) is 0 Å². The predicted octanol–water partition coefficient (Wildman–Crippen LogP) is 3.67. The third-order valence-corrected chi connectivity index (χ3v) is 8.29. The Balaban J connectivity index is 2.12. The molecule has 8 nitrogen and oxygen atoms in total. The molecule has 1 aromatic carbocycles. The van der Waals surface area contributed by atoms with Gasteiger partial charge in [-0.15, -0.1) is 0 Å². The van der Waals surface area contributed by atoms with E-state index in [9.17, 15) is 19.2 Å². The molecule has 4 atom stereocenters. The molecule has 2 rings (SSSR count). The average molecular weight is 569 g/mol. The van der Waals surface area contributed by atoms with Gasteiger partial charge in [-0.1, -0.05) is 63.3 Å². The van der Waals surface area contributed by atoms with Crippen molar-refractivity contribution < 1.29 is 19.2 Å². The Labute approximate surface area is 246 Å². The molecule has 0 unspecified atom stereocenters. The van der Waals surface area contributed by atoms with E-state index in [1.807, 2.05) is 51.1 Å². The van der Waals surface area contributed by atoms with Crippen molar-refractivity contribution in [2.75, 3.05) is 19.6 Å². The first-order chi connectivity index (χ1) is 19.4. The summed E-state index contributed by atoms with van der Waals surface area (Å²) in [7, 11) is 0. The quantitative estimate of drug-likeness (QED) is 0.267. The smallest absolute Gasteiger partial charge is 0.234 e. The van der Waals surface area contributed by atoms with Gasteiger partial charge in [-0.2, -0.15) is 0 Å².